The van der Waals surface area contributed by atoms with Crippen LogP contribution in [0.1, 0.15) is 65.5 Å². The van der Waals surface area contributed by atoms with Gasteiger partial charge in [0.2, 0.25) is 0 Å². The molecule has 0 aliphatic rings. The van der Waals surface area contributed by atoms with Crippen LogP contribution in [0.4, 0.5) is 85.1 Å². The Labute approximate surface area is 373 Å². The van der Waals surface area contributed by atoms with E-state index in [1.54, 1.807) is 31.2 Å². The summed E-state index contributed by atoms with van der Waals surface area (Å²) in [6.07, 6.45) is -9.00. The highest BCUT2D eigenvalue weighted by atomic mass is 28.4. The normalized spacial score (nSPS) is 14.9. The Morgan fingerprint density at radius 2 is 1.15 bits per heavy atom. The largest absolute Gasteiger partial charge is 0.497 e. The number of ether oxygens (including phenoxy) is 3. The maximum atomic E-state index is 15.0. The molecular weight excluding hydrogens is 971 g/mol. The number of hydroxylamine groups is 1. The summed E-state index contributed by atoms with van der Waals surface area (Å²) in [6, 6.07) is 10.7. The van der Waals surface area contributed by atoms with Gasteiger partial charge < -0.3 is 18.6 Å². The van der Waals surface area contributed by atoms with Crippen molar-refractivity contribution in [2.75, 3.05) is 25.6 Å². The van der Waals surface area contributed by atoms with Crippen molar-refractivity contribution in [3.8, 4) is 11.5 Å². The second-order valence-electron chi connectivity index (χ2n) is 15.8. The zero-order valence-corrected chi connectivity index (χ0v) is 37.1. The average Bonchev–Trinajstić information content (AvgIpc) is 3.23. The summed E-state index contributed by atoms with van der Waals surface area (Å²) in [5, 5.41) is 11.3. The Kier molecular flexibility index (Phi) is 19.1. The van der Waals surface area contributed by atoms with Crippen molar-refractivity contribution in [2.24, 2.45) is 5.92 Å². The second-order valence-corrected chi connectivity index (χ2v) is 20.8. The van der Waals surface area contributed by atoms with E-state index in [9.17, 15) is 75.4 Å². The molecule has 2 aromatic rings. The third-order valence-electron chi connectivity index (χ3n) is 10.8. The van der Waals surface area contributed by atoms with Gasteiger partial charge in [-0.3, -0.25) is 15.3 Å². The first-order chi connectivity index (χ1) is 30.5. The van der Waals surface area contributed by atoms with Gasteiger partial charge in [-0.2, -0.15) is 74.6 Å². The highest BCUT2D eigenvalue weighted by Gasteiger charge is 2.95. The number of anilines is 1. The van der Waals surface area contributed by atoms with E-state index in [0.29, 0.717) is 29.8 Å². The first-order valence-electron chi connectivity index (χ1n) is 19.8. The minimum atomic E-state index is -8.70. The lowest BCUT2D eigenvalue weighted by atomic mass is 9.88. The fourth-order valence-corrected chi connectivity index (χ4v) is 11.2. The molecule has 0 heterocycles. The van der Waals surface area contributed by atoms with Crippen LogP contribution in [-0.4, -0.2) is 93.5 Å². The van der Waals surface area contributed by atoms with E-state index < -0.39 is 117 Å². The Hall–Kier alpha value is -4.53. The van der Waals surface area contributed by atoms with E-state index in [0.717, 1.165) is 6.08 Å². The molecule has 0 saturated carbocycles. The van der Waals surface area contributed by atoms with Crippen molar-refractivity contribution >= 4 is 26.0 Å². The van der Waals surface area contributed by atoms with Gasteiger partial charge in [-0.25, -0.2) is 10.3 Å². The number of nitrogens with one attached hydrogen (secondary N) is 2. The number of carbonyl (C=O) groups excluding carboxylic acids is 2. The molecule has 0 radical (unpaired) electrons. The number of hydrogen-bond donors (Lipinski definition) is 3. The predicted molar refractivity (Wildman–Crippen MR) is 207 cm³/mol. The first-order valence-corrected chi connectivity index (χ1v) is 22.0. The van der Waals surface area contributed by atoms with Crippen LogP contribution in [0, 0.1) is 5.92 Å². The van der Waals surface area contributed by atoms with Gasteiger partial charge in [0.1, 0.15) is 24.2 Å². The number of rotatable bonds is 25. The van der Waals surface area contributed by atoms with Crippen LogP contribution in [0.2, 0.25) is 17.1 Å². The molecule has 0 bridgehead atoms. The molecule has 2 atom stereocenters. The molecule has 0 unspecified atom stereocenters. The molecule has 9 nitrogen and oxygen atoms in total. The molecule has 0 aliphatic carbocycles. The van der Waals surface area contributed by atoms with Crippen LogP contribution in [0.5, 0.6) is 11.5 Å². The molecule has 0 aromatic heterocycles. The van der Waals surface area contributed by atoms with Gasteiger partial charge in [-0.15, -0.1) is 0 Å². The second kappa shape index (κ2) is 21.8. The monoisotopic (exact) mass is 1020 g/mol. The zero-order chi connectivity index (χ0) is 51.8. The van der Waals surface area contributed by atoms with Crippen molar-refractivity contribution in [3.05, 3.63) is 66.2 Å². The summed E-state index contributed by atoms with van der Waals surface area (Å²) < 4.78 is 258. The Balaban J connectivity index is 2.29. The van der Waals surface area contributed by atoms with Crippen LogP contribution >= 0.6 is 0 Å². The molecule has 2 rings (SSSR count). The molecule has 3 N–H and O–H groups in total. The molecular formula is C40H47F17N2O7Si. The molecule has 0 saturated heterocycles. The summed E-state index contributed by atoms with van der Waals surface area (Å²) in [5.74, 6) is -57.4. The van der Waals surface area contributed by atoms with Crippen LogP contribution < -0.4 is 20.3 Å². The van der Waals surface area contributed by atoms with E-state index in [1.807, 2.05) is 0 Å². The quantitative estimate of drug-likeness (QED) is 0.0227. The zero-order valence-electron chi connectivity index (χ0n) is 36.1. The highest BCUT2D eigenvalue weighted by Crippen LogP contribution is 2.64. The summed E-state index contributed by atoms with van der Waals surface area (Å²) in [4.78, 5) is 24.3. The van der Waals surface area contributed by atoms with Crippen LogP contribution in [0.3, 0.4) is 0 Å². The van der Waals surface area contributed by atoms with E-state index in [4.69, 9.17) is 23.8 Å². The lowest BCUT2D eigenvalue weighted by molar-refractivity contribution is -0.461. The van der Waals surface area contributed by atoms with Gasteiger partial charge >= 0.3 is 53.7 Å². The molecule has 67 heavy (non-hydrogen) atoms. The number of alkyl halides is 17. The van der Waals surface area contributed by atoms with Crippen molar-refractivity contribution in [1.29, 1.82) is 0 Å². The third-order valence-corrected chi connectivity index (χ3v) is 16.4. The summed E-state index contributed by atoms with van der Waals surface area (Å²) in [6.45, 7) is 6.02. The van der Waals surface area contributed by atoms with E-state index >= 15 is 8.78 Å². The van der Waals surface area contributed by atoms with Crippen LogP contribution in [0.25, 0.3) is 0 Å². The van der Waals surface area contributed by atoms with Crippen molar-refractivity contribution in [2.45, 2.75) is 125 Å². The lowest BCUT2D eigenvalue weighted by Crippen LogP contribution is -2.74. The minimum Gasteiger partial charge on any atom is -0.497 e. The number of amides is 2. The van der Waals surface area contributed by atoms with Crippen LogP contribution in [0.15, 0.2) is 60.7 Å². The fraction of sp³-hybridized carbons (Fsp3) is 0.600. The SMILES string of the molecule is COc1ccc(NC(=O)O[C@@H](c2ccc(OCCO[Si](CCC(F)(F)C(F)(F)C(F)(F)C(F)(F)C(F)(F)C(F)(F)C(F)(F)C(F)(F)F)(C(C)C)C(C)C)cc2)[C@@H](C)CC/C=C/C(=O)NO)cc1. The Bertz CT molecular complexity index is 1940. The number of methoxy groups -OCH3 is 1. The van der Waals surface area contributed by atoms with Crippen LogP contribution in [-0.2, 0) is 14.0 Å². The van der Waals surface area contributed by atoms with Crippen molar-refractivity contribution < 1.29 is 108 Å². The van der Waals surface area contributed by atoms with E-state index in [2.05, 4.69) is 5.32 Å². The third kappa shape index (κ3) is 12.4. The predicted octanol–water partition coefficient (Wildman–Crippen LogP) is 13.0. The fourth-order valence-electron chi connectivity index (χ4n) is 6.69. The first kappa shape index (κ1) is 58.6. The highest BCUT2D eigenvalue weighted by molar-refractivity contribution is 6.76. The van der Waals surface area contributed by atoms with Gasteiger partial charge in [0, 0.05) is 18.2 Å². The van der Waals surface area contributed by atoms with Crippen molar-refractivity contribution in [3.63, 3.8) is 0 Å². The number of halogens is 17. The Morgan fingerprint density at radius 3 is 1.61 bits per heavy atom. The standard InChI is InChI=1S/C40H47F17N2O7Si/c1-23(2)67(24(3)4,22-19-33(41,42)34(43,44)35(45,46)36(47,48)37(49,50)38(51,52)39(53,54)40(55,56)57)65-21-20-64-29-15-11-26(12-16-29)31(25(5)9-7-8-10-30(60)59-62)66-32(61)58-27-13-17-28(63-6)18-14-27/h8,10-18,23-25,31,62H,7,9,19-22H2,1-6H3,(H,58,61)(H,59,60)/b10-8+/t25-,31+/m0/s1. The molecule has 382 valence electrons. The van der Waals surface area contributed by atoms with Gasteiger partial charge in [0.25, 0.3) is 5.91 Å². The average molecular weight is 1020 g/mol. The molecule has 0 aliphatic heterocycles. The van der Waals surface area contributed by atoms with E-state index in [-0.39, 0.29) is 5.75 Å². The lowest BCUT2D eigenvalue weighted by Gasteiger charge is -2.44. The molecule has 0 fully saturated rings. The van der Waals surface area contributed by atoms with Gasteiger partial charge in [0.15, 0.2) is 8.32 Å². The number of carbonyl (C=O) groups is 2. The summed E-state index contributed by atoms with van der Waals surface area (Å²) >= 11 is 0. The molecule has 27 heteroatoms. The maximum Gasteiger partial charge on any atom is 0.460 e. The van der Waals surface area contributed by atoms with E-state index in [1.165, 1.54) is 70.6 Å². The van der Waals surface area contributed by atoms with Gasteiger partial charge in [-0.1, -0.05) is 52.8 Å². The maximum absolute atomic E-state index is 15.0. The molecule has 2 amide bonds. The number of benzene rings is 2. The molecule has 2 aromatic carbocycles. The summed E-state index contributed by atoms with van der Waals surface area (Å²) in [7, 11) is -2.58. The number of hydrogen-bond acceptors (Lipinski definition) is 7. The number of allylic oxidation sites excluding steroid dienone is 1. The summed E-state index contributed by atoms with van der Waals surface area (Å²) in [5.41, 5.74) is 0.436. The topological polar surface area (TPSA) is 115 Å². The van der Waals surface area contributed by atoms with Gasteiger partial charge in [0.05, 0.1) is 13.7 Å². The minimum absolute atomic E-state index is 0.116. The molecule has 0 spiro atoms. The smallest absolute Gasteiger partial charge is 0.460 e. The van der Waals surface area contributed by atoms with Crippen molar-refractivity contribution in [1.82, 2.24) is 5.48 Å². The Morgan fingerprint density at radius 1 is 0.672 bits per heavy atom. The van der Waals surface area contributed by atoms with Gasteiger partial charge in [-0.05, 0) is 77.8 Å².